The summed E-state index contributed by atoms with van der Waals surface area (Å²) < 4.78 is 0. The normalized spacial score (nSPS) is 17.9. The zero-order valence-electron chi connectivity index (χ0n) is 10.1. The van der Waals surface area contributed by atoms with Crippen molar-refractivity contribution in [3.8, 4) is 0 Å². The molecule has 1 aliphatic carbocycles. The molecule has 1 aliphatic rings. The minimum absolute atomic E-state index is 0.918. The van der Waals surface area contributed by atoms with E-state index in [0.29, 0.717) is 0 Å². The first kappa shape index (κ1) is 13.1. The van der Waals surface area contributed by atoms with Gasteiger partial charge in [-0.15, -0.1) is 0 Å². The third-order valence-electron chi connectivity index (χ3n) is 2.88. The average molecular weight is 227 g/mol. The third-order valence-corrected chi connectivity index (χ3v) is 4.39. The first-order chi connectivity index (χ1) is 7.33. The van der Waals surface area contributed by atoms with E-state index in [0.717, 1.165) is 24.1 Å². The Hall–Kier alpha value is 0.0500. The summed E-state index contributed by atoms with van der Waals surface area (Å²) in [7, 11) is 0. The molecule has 1 nitrogen and oxygen atoms in total. The van der Waals surface area contributed by atoms with Gasteiger partial charge in [-0.05, 0) is 25.8 Å². The van der Waals surface area contributed by atoms with Crippen molar-refractivity contribution in [1.29, 1.82) is 0 Å². The van der Waals surface area contributed by atoms with E-state index in [9.17, 15) is 0 Å². The quantitative estimate of drug-likeness (QED) is 0.527. The van der Waals surface area contributed by atoms with Crippen molar-refractivity contribution in [1.82, 2.24) is 5.32 Å². The van der Waals surface area contributed by atoms with Crippen LogP contribution in [0.5, 0.6) is 0 Å². The molecule has 88 valence electrons. The van der Waals surface area contributed by atoms with Gasteiger partial charge < -0.3 is 5.32 Å². The van der Waals surface area contributed by atoms with E-state index in [1.807, 2.05) is 0 Å². The van der Waals surface area contributed by atoms with Gasteiger partial charge in [-0.1, -0.05) is 38.3 Å². The van der Waals surface area contributed by atoms with Gasteiger partial charge in [0.25, 0.3) is 0 Å². The Balaban J connectivity index is 2.00. The Morgan fingerprint density at radius 2 is 2.07 bits per heavy atom. The van der Waals surface area contributed by atoms with Crippen LogP contribution < -0.4 is 5.32 Å². The summed E-state index contributed by atoms with van der Waals surface area (Å²) >= 11 is 2.12. The van der Waals surface area contributed by atoms with E-state index < -0.39 is 0 Å². The maximum absolute atomic E-state index is 4.13. The van der Waals surface area contributed by atoms with Crippen LogP contribution in [0.25, 0.3) is 0 Å². The molecule has 0 aromatic heterocycles. The SMILES string of the molecule is C=C(CNCCC)CSC1CCCCC1. The number of nitrogens with one attached hydrogen (secondary N) is 1. The summed E-state index contributed by atoms with van der Waals surface area (Å²) in [6.07, 6.45) is 8.41. The van der Waals surface area contributed by atoms with E-state index >= 15 is 0 Å². The molecule has 0 aromatic rings. The molecule has 0 aromatic carbocycles. The zero-order valence-corrected chi connectivity index (χ0v) is 10.9. The molecule has 0 heterocycles. The Kier molecular flexibility index (Phi) is 7.20. The van der Waals surface area contributed by atoms with Crippen LogP contribution in [0.3, 0.4) is 0 Å². The lowest BCUT2D eigenvalue weighted by Gasteiger charge is -2.21. The number of hydrogen-bond acceptors (Lipinski definition) is 2. The van der Waals surface area contributed by atoms with Crippen LogP contribution >= 0.6 is 11.8 Å². The zero-order chi connectivity index (χ0) is 10.9. The summed E-state index contributed by atoms with van der Waals surface area (Å²) in [5, 5.41) is 4.33. The van der Waals surface area contributed by atoms with E-state index in [2.05, 4.69) is 30.6 Å². The lowest BCUT2D eigenvalue weighted by Crippen LogP contribution is -2.19. The fraction of sp³-hybridized carbons (Fsp3) is 0.846. The lowest BCUT2D eigenvalue weighted by molar-refractivity contribution is 0.516. The van der Waals surface area contributed by atoms with Gasteiger partial charge >= 0.3 is 0 Å². The largest absolute Gasteiger partial charge is 0.313 e. The molecule has 1 saturated carbocycles. The molecule has 0 saturated heterocycles. The second-order valence-electron chi connectivity index (χ2n) is 4.50. The highest BCUT2D eigenvalue weighted by Crippen LogP contribution is 2.28. The standard InChI is InChI=1S/C13H25NS/c1-3-9-14-10-12(2)11-15-13-7-5-4-6-8-13/h13-14H,2-11H2,1H3. The van der Waals surface area contributed by atoms with Gasteiger partial charge in [0.15, 0.2) is 0 Å². The van der Waals surface area contributed by atoms with E-state index in [1.165, 1.54) is 44.1 Å². The van der Waals surface area contributed by atoms with Crippen molar-refractivity contribution in [2.45, 2.75) is 50.7 Å². The molecule has 1 N–H and O–H groups in total. The molecule has 0 atom stereocenters. The minimum atomic E-state index is 0.918. The Bertz CT molecular complexity index is 173. The summed E-state index contributed by atoms with van der Waals surface area (Å²) in [4.78, 5) is 0. The molecule has 0 unspecified atom stereocenters. The molecule has 0 radical (unpaired) electrons. The summed E-state index contributed by atoms with van der Waals surface area (Å²) in [6.45, 7) is 8.45. The first-order valence-corrected chi connectivity index (χ1v) is 7.36. The number of rotatable bonds is 7. The predicted molar refractivity (Wildman–Crippen MR) is 71.6 cm³/mol. The summed E-state index contributed by atoms with van der Waals surface area (Å²) in [5.74, 6) is 1.15. The van der Waals surface area contributed by atoms with Crippen molar-refractivity contribution in [2.75, 3.05) is 18.8 Å². The Labute approximate surface area is 99.1 Å². The van der Waals surface area contributed by atoms with E-state index in [1.54, 1.807) is 0 Å². The monoisotopic (exact) mass is 227 g/mol. The predicted octanol–water partition coefficient (Wildman–Crippen LogP) is 3.61. The van der Waals surface area contributed by atoms with Crippen LogP contribution in [0.4, 0.5) is 0 Å². The summed E-state index contributed by atoms with van der Waals surface area (Å²) in [6, 6.07) is 0. The van der Waals surface area contributed by atoms with Crippen molar-refractivity contribution in [2.24, 2.45) is 0 Å². The van der Waals surface area contributed by atoms with E-state index in [-0.39, 0.29) is 0 Å². The minimum Gasteiger partial charge on any atom is -0.313 e. The van der Waals surface area contributed by atoms with Gasteiger partial charge in [-0.25, -0.2) is 0 Å². The molecule has 1 rings (SSSR count). The summed E-state index contributed by atoms with van der Waals surface area (Å²) in [5.41, 5.74) is 1.36. The van der Waals surface area contributed by atoms with Gasteiger partial charge in [-0.3, -0.25) is 0 Å². The number of thioether (sulfide) groups is 1. The molecule has 2 heteroatoms. The second-order valence-corrected chi connectivity index (χ2v) is 5.79. The van der Waals surface area contributed by atoms with Gasteiger partial charge in [0, 0.05) is 17.5 Å². The van der Waals surface area contributed by atoms with Gasteiger partial charge in [0.1, 0.15) is 0 Å². The maximum Gasteiger partial charge on any atom is 0.0170 e. The molecule has 1 fully saturated rings. The topological polar surface area (TPSA) is 12.0 Å². The maximum atomic E-state index is 4.13. The van der Waals surface area contributed by atoms with E-state index in [4.69, 9.17) is 0 Å². The fourth-order valence-corrected chi connectivity index (χ4v) is 3.20. The highest BCUT2D eigenvalue weighted by molar-refractivity contribution is 8.00. The molecule has 15 heavy (non-hydrogen) atoms. The molecule has 0 amide bonds. The van der Waals surface area contributed by atoms with Crippen LogP contribution in [0.15, 0.2) is 12.2 Å². The highest BCUT2D eigenvalue weighted by atomic mass is 32.2. The van der Waals surface area contributed by atoms with Crippen LogP contribution in [-0.4, -0.2) is 24.1 Å². The number of hydrogen-bond donors (Lipinski definition) is 1. The molecule has 0 bridgehead atoms. The smallest absolute Gasteiger partial charge is 0.0170 e. The second kappa shape index (κ2) is 8.23. The molecule has 0 aliphatic heterocycles. The lowest BCUT2D eigenvalue weighted by atomic mass is 10.0. The first-order valence-electron chi connectivity index (χ1n) is 6.32. The van der Waals surface area contributed by atoms with Crippen molar-refractivity contribution >= 4 is 11.8 Å². The van der Waals surface area contributed by atoms with Crippen LogP contribution in [0, 0.1) is 0 Å². The molecular formula is C13H25NS. The Morgan fingerprint density at radius 3 is 2.73 bits per heavy atom. The van der Waals surface area contributed by atoms with Crippen LogP contribution in [-0.2, 0) is 0 Å². The van der Waals surface area contributed by atoms with Gasteiger partial charge in [0.2, 0.25) is 0 Å². The van der Waals surface area contributed by atoms with Crippen molar-refractivity contribution < 1.29 is 0 Å². The third kappa shape index (κ3) is 6.26. The van der Waals surface area contributed by atoms with Crippen molar-refractivity contribution in [3.63, 3.8) is 0 Å². The van der Waals surface area contributed by atoms with Crippen molar-refractivity contribution in [3.05, 3.63) is 12.2 Å². The highest BCUT2D eigenvalue weighted by Gasteiger charge is 2.13. The van der Waals surface area contributed by atoms with Gasteiger partial charge in [-0.2, -0.15) is 11.8 Å². The van der Waals surface area contributed by atoms with Gasteiger partial charge in [0.05, 0.1) is 0 Å². The molecular weight excluding hydrogens is 202 g/mol. The average Bonchev–Trinajstić information content (AvgIpc) is 2.28. The molecule has 0 spiro atoms. The Morgan fingerprint density at radius 1 is 1.33 bits per heavy atom. The van der Waals surface area contributed by atoms with Crippen LogP contribution in [0.1, 0.15) is 45.4 Å². The fourth-order valence-electron chi connectivity index (χ4n) is 1.96. The van der Waals surface area contributed by atoms with Crippen LogP contribution in [0.2, 0.25) is 0 Å².